The third-order valence-corrected chi connectivity index (χ3v) is 8.45. The van der Waals surface area contributed by atoms with Crippen molar-refractivity contribution >= 4 is 45.5 Å². The van der Waals surface area contributed by atoms with E-state index in [1.165, 1.54) is 6.20 Å². The van der Waals surface area contributed by atoms with Gasteiger partial charge in [-0.2, -0.15) is 15.8 Å². The number of aromatic nitrogens is 4. The number of pyridine rings is 1. The largest absolute Gasteiger partial charge is 0.377 e. The van der Waals surface area contributed by atoms with Crippen LogP contribution in [0.25, 0.3) is 10.9 Å². The zero-order chi connectivity index (χ0) is 30.7. The van der Waals surface area contributed by atoms with Crippen LogP contribution in [0.1, 0.15) is 60.2 Å². The van der Waals surface area contributed by atoms with Gasteiger partial charge in [0.25, 0.3) is 0 Å². The molecule has 2 N–H and O–H groups in total. The van der Waals surface area contributed by atoms with Crippen molar-refractivity contribution in [2.24, 2.45) is 0 Å². The number of anilines is 2. The molecule has 6 rings (SSSR count). The third-order valence-electron chi connectivity index (χ3n) is 7.81. The van der Waals surface area contributed by atoms with Crippen molar-refractivity contribution in [3.8, 4) is 18.2 Å². The second-order valence-electron chi connectivity index (χ2n) is 10.6. The number of fused-ring (bicyclic) bond motifs is 1. The van der Waals surface area contributed by atoms with E-state index < -0.39 is 11.6 Å². The molecule has 2 heterocycles. The molecule has 2 atom stereocenters. The van der Waals surface area contributed by atoms with Crippen molar-refractivity contribution in [2.45, 2.75) is 43.3 Å². The normalized spacial score (nSPS) is 14.5. The maximum absolute atomic E-state index is 10.1. The van der Waals surface area contributed by atoms with Gasteiger partial charge in [-0.3, -0.25) is 4.98 Å². The summed E-state index contributed by atoms with van der Waals surface area (Å²) >= 11 is 13.5. The molecule has 1 aliphatic carbocycles. The summed E-state index contributed by atoms with van der Waals surface area (Å²) in [6.45, 7) is 0. The molecular weight excluding hydrogens is 593 g/mol. The molecule has 0 aliphatic heterocycles. The first-order valence-corrected chi connectivity index (χ1v) is 14.8. The fourth-order valence-electron chi connectivity index (χ4n) is 5.29. The Morgan fingerprint density at radius 2 is 1.73 bits per heavy atom. The zero-order valence-electron chi connectivity index (χ0n) is 23.4. The van der Waals surface area contributed by atoms with Gasteiger partial charge < -0.3 is 10.6 Å². The van der Waals surface area contributed by atoms with Gasteiger partial charge in [-0.05, 0) is 48.6 Å². The van der Waals surface area contributed by atoms with E-state index in [2.05, 4.69) is 44.1 Å². The van der Waals surface area contributed by atoms with Crippen molar-refractivity contribution in [3.63, 3.8) is 0 Å². The Kier molecular flexibility index (Phi) is 8.05. The molecule has 0 radical (unpaired) electrons. The number of rotatable bonds is 10. The minimum atomic E-state index is -0.663. The van der Waals surface area contributed by atoms with E-state index in [1.54, 1.807) is 23.0 Å². The van der Waals surface area contributed by atoms with E-state index in [0.29, 0.717) is 56.4 Å². The average Bonchev–Trinajstić information content (AvgIpc) is 3.70. The molecule has 0 bridgehead atoms. The monoisotopic (exact) mass is 617 g/mol. The molecule has 1 saturated carbocycles. The van der Waals surface area contributed by atoms with E-state index in [1.807, 2.05) is 54.6 Å². The number of nitrogens with zero attached hydrogens (tertiary/aromatic N) is 7. The smallest absolute Gasteiger partial charge is 0.150 e. The molecule has 2 aromatic heterocycles. The van der Waals surface area contributed by atoms with Crippen LogP contribution in [0.3, 0.4) is 0 Å². The summed E-state index contributed by atoms with van der Waals surface area (Å²) in [4.78, 5) is 4.50. The lowest BCUT2D eigenvalue weighted by atomic mass is 10.00. The van der Waals surface area contributed by atoms with Gasteiger partial charge in [-0.1, -0.05) is 76.9 Å². The predicted molar refractivity (Wildman–Crippen MR) is 169 cm³/mol. The summed E-state index contributed by atoms with van der Waals surface area (Å²) in [6.07, 6.45) is 5.59. The summed E-state index contributed by atoms with van der Waals surface area (Å²) < 4.78 is 1.62. The van der Waals surface area contributed by atoms with Crippen LogP contribution in [0.15, 0.2) is 79.1 Å². The number of halogens is 2. The lowest BCUT2D eigenvalue weighted by Gasteiger charge is -2.23. The van der Waals surface area contributed by atoms with Gasteiger partial charge in [0, 0.05) is 28.7 Å². The summed E-state index contributed by atoms with van der Waals surface area (Å²) in [5.41, 5.74) is 3.75. The molecule has 1 fully saturated rings. The highest BCUT2D eigenvalue weighted by molar-refractivity contribution is 6.36. The van der Waals surface area contributed by atoms with Gasteiger partial charge in [-0.15, -0.1) is 5.10 Å². The van der Waals surface area contributed by atoms with Crippen LogP contribution in [0, 0.1) is 34.0 Å². The average molecular weight is 619 g/mol. The highest BCUT2D eigenvalue weighted by Gasteiger charge is 2.47. The lowest BCUT2D eigenvalue weighted by molar-refractivity contribution is 0.516. The molecule has 0 saturated heterocycles. The SMILES string of the molecule is N#CCCC(Nc1c(C#N)cnc2c(Cl)cc(NC(c3cn(C4(C#N)CC4)nn3)c3ccccc3Cl)cc12)c1ccccc1. The topological polar surface area (TPSA) is 139 Å². The molecular formula is C33H25Cl2N9. The Bertz CT molecular complexity index is 1960. The molecule has 3 aromatic carbocycles. The van der Waals surface area contributed by atoms with Crippen LogP contribution < -0.4 is 10.6 Å². The molecule has 44 heavy (non-hydrogen) atoms. The van der Waals surface area contributed by atoms with Gasteiger partial charge in [0.05, 0.1) is 52.2 Å². The van der Waals surface area contributed by atoms with E-state index >= 15 is 0 Å². The quantitative estimate of drug-likeness (QED) is 0.163. The Balaban J connectivity index is 1.44. The van der Waals surface area contributed by atoms with Gasteiger partial charge >= 0.3 is 0 Å². The van der Waals surface area contributed by atoms with Crippen molar-refractivity contribution in [2.75, 3.05) is 10.6 Å². The molecule has 5 aromatic rings. The van der Waals surface area contributed by atoms with Crippen LogP contribution in [-0.4, -0.2) is 20.0 Å². The summed E-state index contributed by atoms with van der Waals surface area (Å²) in [5, 5.41) is 46.4. The standard InChI is InChI=1S/C33H25Cl2N9/c34-26-10-5-4-9-24(26)32(29-19-44(43-42-29)33(20-38)12-13-33)40-23-15-25-30(22(17-37)18-39-31(25)27(35)16-23)41-28(11-6-14-36)21-7-2-1-3-8-21/h1-5,7-10,15-16,18-19,28,32,40H,6,11-13H2,(H,39,41). The first-order chi connectivity index (χ1) is 21.5. The highest BCUT2D eigenvalue weighted by atomic mass is 35.5. The van der Waals surface area contributed by atoms with Crippen LogP contribution in [0.4, 0.5) is 11.4 Å². The number of nitriles is 3. The fourth-order valence-corrected chi connectivity index (χ4v) is 5.80. The third kappa shape index (κ3) is 5.62. The number of nitrogens with one attached hydrogen (secondary N) is 2. The van der Waals surface area contributed by atoms with Crippen molar-refractivity contribution in [1.29, 1.82) is 15.8 Å². The molecule has 2 unspecified atom stereocenters. The van der Waals surface area contributed by atoms with Gasteiger partial charge in [0.15, 0.2) is 5.54 Å². The Morgan fingerprint density at radius 1 is 0.955 bits per heavy atom. The zero-order valence-corrected chi connectivity index (χ0v) is 24.9. The first kappa shape index (κ1) is 29.0. The van der Waals surface area contributed by atoms with E-state index in [9.17, 15) is 15.8 Å². The summed E-state index contributed by atoms with van der Waals surface area (Å²) in [7, 11) is 0. The summed E-state index contributed by atoms with van der Waals surface area (Å²) in [6, 6.07) is 27.0. The Morgan fingerprint density at radius 3 is 2.43 bits per heavy atom. The lowest BCUT2D eigenvalue weighted by Crippen LogP contribution is -2.16. The summed E-state index contributed by atoms with van der Waals surface area (Å²) in [5.74, 6) is 0. The van der Waals surface area contributed by atoms with Gasteiger partial charge in [0.1, 0.15) is 11.8 Å². The van der Waals surface area contributed by atoms with Crippen LogP contribution in [0.2, 0.25) is 10.0 Å². The second-order valence-corrected chi connectivity index (χ2v) is 11.5. The number of hydrogen-bond donors (Lipinski definition) is 2. The number of hydrogen-bond acceptors (Lipinski definition) is 8. The fraction of sp³-hybridized carbons (Fsp3) is 0.212. The van der Waals surface area contributed by atoms with E-state index in [0.717, 1.165) is 24.0 Å². The number of benzene rings is 3. The predicted octanol–water partition coefficient (Wildman–Crippen LogP) is 7.68. The molecule has 9 nitrogen and oxygen atoms in total. The highest BCUT2D eigenvalue weighted by Crippen LogP contribution is 2.43. The van der Waals surface area contributed by atoms with Crippen LogP contribution in [-0.2, 0) is 5.54 Å². The van der Waals surface area contributed by atoms with Crippen molar-refractivity contribution in [3.05, 3.63) is 112 Å². The van der Waals surface area contributed by atoms with Crippen molar-refractivity contribution in [1.82, 2.24) is 20.0 Å². The molecule has 0 amide bonds. The maximum atomic E-state index is 10.1. The van der Waals surface area contributed by atoms with Gasteiger partial charge in [-0.25, -0.2) is 4.68 Å². The first-order valence-electron chi connectivity index (χ1n) is 14.0. The van der Waals surface area contributed by atoms with E-state index in [4.69, 9.17) is 23.2 Å². The minimum Gasteiger partial charge on any atom is -0.377 e. The van der Waals surface area contributed by atoms with Crippen LogP contribution in [0.5, 0.6) is 0 Å². The van der Waals surface area contributed by atoms with Crippen LogP contribution >= 0.6 is 23.2 Å². The maximum Gasteiger partial charge on any atom is 0.150 e. The second kappa shape index (κ2) is 12.2. The Labute approximate surface area is 264 Å². The van der Waals surface area contributed by atoms with Crippen molar-refractivity contribution < 1.29 is 0 Å². The molecule has 11 heteroatoms. The molecule has 0 spiro atoms. The molecule has 216 valence electrons. The van der Waals surface area contributed by atoms with Gasteiger partial charge in [0.2, 0.25) is 0 Å². The minimum absolute atomic E-state index is 0.232. The van der Waals surface area contributed by atoms with E-state index in [-0.39, 0.29) is 6.04 Å². The molecule has 1 aliphatic rings. The Hall–Kier alpha value is -5.14.